The van der Waals surface area contributed by atoms with Crippen LogP contribution in [0.25, 0.3) is 0 Å². The fraction of sp³-hybridized carbons (Fsp3) is 0.467. The number of carbonyl (C=O) groups excluding carboxylic acids is 2. The lowest BCUT2D eigenvalue weighted by Crippen LogP contribution is -2.42. The Labute approximate surface area is 127 Å². The van der Waals surface area contributed by atoms with Crippen LogP contribution in [0.4, 0.5) is 0 Å². The molecule has 1 aliphatic rings. The SMILES string of the molecule is Cc1cc(C(=O)NCC(=O)N2CCCCC2)ccc1Br. The molecule has 1 aliphatic heterocycles. The lowest BCUT2D eigenvalue weighted by molar-refractivity contribution is -0.130. The Morgan fingerprint density at radius 1 is 1.25 bits per heavy atom. The van der Waals surface area contributed by atoms with Crippen LogP contribution in [0.5, 0.6) is 0 Å². The molecule has 2 amide bonds. The highest BCUT2D eigenvalue weighted by Crippen LogP contribution is 2.17. The van der Waals surface area contributed by atoms with E-state index in [1.165, 1.54) is 6.42 Å². The van der Waals surface area contributed by atoms with Gasteiger partial charge in [0.25, 0.3) is 5.91 Å². The first-order chi connectivity index (χ1) is 9.58. The summed E-state index contributed by atoms with van der Waals surface area (Å²) >= 11 is 3.40. The number of nitrogens with one attached hydrogen (secondary N) is 1. The Hall–Kier alpha value is -1.36. The molecule has 0 unspecified atom stereocenters. The first-order valence-corrected chi connectivity index (χ1v) is 7.69. The molecule has 1 N–H and O–H groups in total. The summed E-state index contributed by atoms with van der Waals surface area (Å²) in [6, 6.07) is 5.40. The zero-order chi connectivity index (χ0) is 14.5. The Morgan fingerprint density at radius 3 is 2.60 bits per heavy atom. The van der Waals surface area contributed by atoms with Gasteiger partial charge in [-0.05, 0) is 49.9 Å². The fourth-order valence-electron chi connectivity index (χ4n) is 2.30. The molecule has 4 nitrogen and oxygen atoms in total. The van der Waals surface area contributed by atoms with Gasteiger partial charge in [-0.3, -0.25) is 9.59 Å². The summed E-state index contributed by atoms with van der Waals surface area (Å²) in [6.45, 7) is 3.63. The zero-order valence-electron chi connectivity index (χ0n) is 11.6. The summed E-state index contributed by atoms with van der Waals surface area (Å²) in [6.07, 6.45) is 3.31. The van der Waals surface area contributed by atoms with Gasteiger partial charge < -0.3 is 10.2 Å². The Balaban J connectivity index is 1.88. The van der Waals surface area contributed by atoms with Crippen molar-refractivity contribution in [3.63, 3.8) is 0 Å². The number of halogens is 1. The molecule has 0 radical (unpaired) electrons. The standard InChI is InChI=1S/C15H19BrN2O2/c1-11-9-12(5-6-13(11)16)15(20)17-10-14(19)18-7-3-2-4-8-18/h5-6,9H,2-4,7-8,10H2,1H3,(H,17,20). The van der Waals surface area contributed by atoms with Crippen molar-refractivity contribution >= 4 is 27.7 Å². The van der Waals surface area contributed by atoms with E-state index in [9.17, 15) is 9.59 Å². The van der Waals surface area contributed by atoms with Gasteiger partial charge in [0.1, 0.15) is 0 Å². The van der Waals surface area contributed by atoms with Gasteiger partial charge in [0, 0.05) is 23.1 Å². The molecule has 0 aromatic heterocycles. The minimum Gasteiger partial charge on any atom is -0.343 e. The quantitative estimate of drug-likeness (QED) is 0.920. The highest BCUT2D eigenvalue weighted by molar-refractivity contribution is 9.10. The van der Waals surface area contributed by atoms with Crippen molar-refractivity contribution in [2.75, 3.05) is 19.6 Å². The topological polar surface area (TPSA) is 49.4 Å². The van der Waals surface area contributed by atoms with Crippen LogP contribution in [-0.2, 0) is 4.79 Å². The molecule has 1 fully saturated rings. The molecule has 1 aromatic carbocycles. The van der Waals surface area contributed by atoms with E-state index in [2.05, 4.69) is 21.2 Å². The third-order valence-corrected chi connectivity index (χ3v) is 4.42. The average Bonchev–Trinajstić information content (AvgIpc) is 2.48. The second-order valence-electron chi connectivity index (χ2n) is 5.09. The van der Waals surface area contributed by atoms with Crippen molar-refractivity contribution in [1.29, 1.82) is 0 Å². The lowest BCUT2D eigenvalue weighted by Gasteiger charge is -2.26. The van der Waals surface area contributed by atoms with Crippen molar-refractivity contribution in [3.8, 4) is 0 Å². The second kappa shape index (κ2) is 6.88. The largest absolute Gasteiger partial charge is 0.343 e. The van der Waals surface area contributed by atoms with E-state index >= 15 is 0 Å². The second-order valence-corrected chi connectivity index (χ2v) is 5.94. The molecule has 1 heterocycles. The Morgan fingerprint density at radius 2 is 1.95 bits per heavy atom. The van der Waals surface area contributed by atoms with Crippen LogP contribution >= 0.6 is 15.9 Å². The molecule has 2 rings (SSSR count). The van der Waals surface area contributed by atoms with Gasteiger partial charge >= 0.3 is 0 Å². The van der Waals surface area contributed by atoms with Gasteiger partial charge in [0.15, 0.2) is 0 Å². The monoisotopic (exact) mass is 338 g/mol. The third-order valence-electron chi connectivity index (χ3n) is 3.53. The smallest absolute Gasteiger partial charge is 0.251 e. The molecular formula is C15H19BrN2O2. The lowest BCUT2D eigenvalue weighted by atomic mass is 10.1. The van der Waals surface area contributed by atoms with E-state index in [1.54, 1.807) is 6.07 Å². The fourth-order valence-corrected chi connectivity index (χ4v) is 2.55. The number of aryl methyl sites for hydroxylation is 1. The third kappa shape index (κ3) is 3.82. The van der Waals surface area contributed by atoms with Crippen LogP contribution in [0.15, 0.2) is 22.7 Å². The van der Waals surface area contributed by atoms with E-state index < -0.39 is 0 Å². The molecule has 0 aliphatic carbocycles. The molecular weight excluding hydrogens is 320 g/mol. The summed E-state index contributed by atoms with van der Waals surface area (Å²) in [4.78, 5) is 25.8. The van der Waals surface area contributed by atoms with Crippen LogP contribution in [0.2, 0.25) is 0 Å². The van der Waals surface area contributed by atoms with E-state index in [-0.39, 0.29) is 18.4 Å². The highest BCUT2D eigenvalue weighted by atomic mass is 79.9. The van der Waals surface area contributed by atoms with E-state index in [4.69, 9.17) is 0 Å². The molecule has 0 atom stereocenters. The zero-order valence-corrected chi connectivity index (χ0v) is 13.2. The number of nitrogens with zero attached hydrogens (tertiary/aromatic N) is 1. The number of likely N-dealkylation sites (tertiary alicyclic amines) is 1. The van der Waals surface area contributed by atoms with E-state index in [1.807, 2.05) is 24.0 Å². The van der Waals surface area contributed by atoms with Crippen LogP contribution in [0.1, 0.15) is 35.2 Å². The number of hydrogen-bond donors (Lipinski definition) is 1. The van der Waals surface area contributed by atoms with Crippen molar-refractivity contribution < 1.29 is 9.59 Å². The molecule has 0 saturated carbocycles. The number of carbonyl (C=O) groups is 2. The van der Waals surface area contributed by atoms with Gasteiger partial charge in [-0.2, -0.15) is 0 Å². The van der Waals surface area contributed by atoms with Crippen molar-refractivity contribution in [2.45, 2.75) is 26.2 Å². The van der Waals surface area contributed by atoms with Crippen LogP contribution in [0.3, 0.4) is 0 Å². The first kappa shape index (κ1) is 15.0. The molecule has 108 valence electrons. The number of amides is 2. The molecule has 1 saturated heterocycles. The average molecular weight is 339 g/mol. The van der Waals surface area contributed by atoms with Crippen molar-refractivity contribution in [3.05, 3.63) is 33.8 Å². The van der Waals surface area contributed by atoms with Gasteiger partial charge in [-0.1, -0.05) is 15.9 Å². The van der Waals surface area contributed by atoms with Crippen LogP contribution < -0.4 is 5.32 Å². The molecule has 0 spiro atoms. The normalized spacial score (nSPS) is 15.0. The maximum atomic E-state index is 12.0. The minimum atomic E-state index is -0.203. The number of piperidine rings is 1. The highest BCUT2D eigenvalue weighted by Gasteiger charge is 2.17. The first-order valence-electron chi connectivity index (χ1n) is 6.90. The summed E-state index contributed by atoms with van der Waals surface area (Å²) in [7, 11) is 0. The van der Waals surface area contributed by atoms with Crippen LogP contribution in [0, 0.1) is 6.92 Å². The summed E-state index contributed by atoms with van der Waals surface area (Å²) in [5, 5.41) is 2.70. The molecule has 20 heavy (non-hydrogen) atoms. The van der Waals surface area contributed by atoms with Gasteiger partial charge in [0.2, 0.25) is 5.91 Å². The molecule has 1 aromatic rings. The maximum Gasteiger partial charge on any atom is 0.251 e. The summed E-state index contributed by atoms with van der Waals surface area (Å²) in [5.74, 6) is -0.196. The number of rotatable bonds is 3. The van der Waals surface area contributed by atoms with E-state index in [0.717, 1.165) is 36.0 Å². The summed E-state index contributed by atoms with van der Waals surface area (Å²) < 4.78 is 0.971. The Kier molecular flexibility index (Phi) is 5.17. The molecule has 0 bridgehead atoms. The predicted octanol–water partition coefficient (Wildman–Crippen LogP) is 2.50. The number of benzene rings is 1. The predicted molar refractivity (Wildman–Crippen MR) is 81.6 cm³/mol. The van der Waals surface area contributed by atoms with Gasteiger partial charge in [-0.25, -0.2) is 0 Å². The van der Waals surface area contributed by atoms with Crippen molar-refractivity contribution in [2.24, 2.45) is 0 Å². The minimum absolute atomic E-state index is 0.00637. The van der Waals surface area contributed by atoms with Gasteiger partial charge in [0.05, 0.1) is 6.54 Å². The summed E-state index contributed by atoms with van der Waals surface area (Å²) in [5.41, 5.74) is 1.58. The Bertz CT molecular complexity index is 511. The maximum absolute atomic E-state index is 12.0. The van der Waals surface area contributed by atoms with E-state index in [0.29, 0.717) is 5.56 Å². The van der Waals surface area contributed by atoms with Gasteiger partial charge in [-0.15, -0.1) is 0 Å². The molecule has 5 heteroatoms. The van der Waals surface area contributed by atoms with Crippen molar-refractivity contribution in [1.82, 2.24) is 10.2 Å². The number of hydrogen-bond acceptors (Lipinski definition) is 2. The van der Waals surface area contributed by atoms with Crippen LogP contribution in [-0.4, -0.2) is 36.3 Å².